The van der Waals surface area contributed by atoms with E-state index in [1.807, 2.05) is 42.5 Å². The fourth-order valence-electron chi connectivity index (χ4n) is 2.84. The molecular formula is C19H18N2O4. The van der Waals surface area contributed by atoms with Gasteiger partial charge in [0.2, 0.25) is 6.10 Å². The molecule has 1 aliphatic rings. The first-order valence-corrected chi connectivity index (χ1v) is 8.05. The first-order chi connectivity index (χ1) is 12.2. The first-order valence-electron chi connectivity index (χ1n) is 8.05. The minimum atomic E-state index is -0.653. The van der Waals surface area contributed by atoms with Gasteiger partial charge in [0.25, 0.3) is 5.91 Å². The molecule has 0 bridgehead atoms. The van der Waals surface area contributed by atoms with Gasteiger partial charge in [-0.1, -0.05) is 12.1 Å². The van der Waals surface area contributed by atoms with Crippen molar-refractivity contribution in [3.63, 3.8) is 0 Å². The number of aromatic amines is 1. The van der Waals surface area contributed by atoms with E-state index in [-0.39, 0.29) is 12.5 Å². The van der Waals surface area contributed by atoms with Crippen LogP contribution in [0.5, 0.6) is 17.2 Å². The number of aromatic nitrogens is 1. The van der Waals surface area contributed by atoms with Crippen LogP contribution in [0.15, 0.2) is 48.5 Å². The lowest BCUT2D eigenvalue weighted by Gasteiger charge is -2.25. The number of rotatable bonds is 4. The zero-order chi connectivity index (χ0) is 17.2. The van der Waals surface area contributed by atoms with Gasteiger partial charge in [-0.25, -0.2) is 0 Å². The van der Waals surface area contributed by atoms with Crippen molar-refractivity contribution in [2.75, 3.05) is 13.7 Å². The number of carbonyl (C=O) groups excluding carboxylic acids is 1. The third-order valence-electron chi connectivity index (χ3n) is 4.14. The molecule has 0 radical (unpaired) electrons. The zero-order valence-electron chi connectivity index (χ0n) is 13.7. The Morgan fingerprint density at radius 1 is 1.24 bits per heavy atom. The third-order valence-corrected chi connectivity index (χ3v) is 4.14. The smallest absolute Gasteiger partial charge is 0.265 e. The maximum atomic E-state index is 12.3. The predicted octanol–water partition coefficient (Wildman–Crippen LogP) is 2.63. The average Bonchev–Trinajstić information content (AvgIpc) is 3.07. The fourth-order valence-corrected chi connectivity index (χ4v) is 2.84. The molecule has 6 nitrogen and oxygen atoms in total. The van der Waals surface area contributed by atoms with Crippen molar-refractivity contribution in [2.24, 2.45) is 0 Å². The summed E-state index contributed by atoms with van der Waals surface area (Å²) >= 11 is 0. The average molecular weight is 338 g/mol. The molecule has 0 saturated heterocycles. The van der Waals surface area contributed by atoms with Gasteiger partial charge in [-0.2, -0.15) is 0 Å². The first kappa shape index (κ1) is 15.4. The highest BCUT2D eigenvalue weighted by Crippen LogP contribution is 2.30. The summed E-state index contributed by atoms with van der Waals surface area (Å²) < 4.78 is 16.5. The van der Waals surface area contributed by atoms with Crippen LogP contribution in [0, 0.1) is 0 Å². The van der Waals surface area contributed by atoms with Crippen LogP contribution in [-0.2, 0) is 11.3 Å². The summed E-state index contributed by atoms with van der Waals surface area (Å²) in [6.45, 7) is 0.587. The SMILES string of the molecule is COc1ccc2[nH]c(CNC(=O)C3COc4ccccc4O3)cc2c1. The Balaban J connectivity index is 1.40. The van der Waals surface area contributed by atoms with E-state index in [0.29, 0.717) is 18.0 Å². The number of amides is 1. The Morgan fingerprint density at radius 2 is 2.08 bits per heavy atom. The second-order valence-corrected chi connectivity index (χ2v) is 5.83. The number of ether oxygens (including phenoxy) is 3. The number of carbonyl (C=O) groups is 1. The van der Waals surface area contributed by atoms with Crippen molar-refractivity contribution in [1.82, 2.24) is 10.3 Å². The minimum Gasteiger partial charge on any atom is -0.497 e. The second-order valence-electron chi connectivity index (χ2n) is 5.83. The topological polar surface area (TPSA) is 72.6 Å². The summed E-state index contributed by atoms with van der Waals surface area (Å²) in [5.74, 6) is 1.85. The molecule has 0 saturated carbocycles. The zero-order valence-corrected chi connectivity index (χ0v) is 13.7. The molecule has 1 aromatic heterocycles. The molecule has 128 valence electrons. The van der Waals surface area contributed by atoms with Crippen molar-refractivity contribution < 1.29 is 19.0 Å². The van der Waals surface area contributed by atoms with Gasteiger partial charge in [-0.05, 0) is 36.4 Å². The molecule has 0 spiro atoms. The molecule has 2 heterocycles. The number of para-hydroxylation sites is 2. The lowest BCUT2D eigenvalue weighted by atomic mass is 10.2. The van der Waals surface area contributed by atoms with Crippen molar-refractivity contribution in [3.8, 4) is 17.2 Å². The van der Waals surface area contributed by atoms with E-state index in [1.54, 1.807) is 13.2 Å². The number of fused-ring (bicyclic) bond motifs is 2. The molecule has 3 aromatic rings. The monoisotopic (exact) mass is 338 g/mol. The molecular weight excluding hydrogens is 320 g/mol. The lowest BCUT2D eigenvalue weighted by molar-refractivity contribution is -0.130. The largest absolute Gasteiger partial charge is 0.497 e. The number of methoxy groups -OCH3 is 1. The highest BCUT2D eigenvalue weighted by atomic mass is 16.6. The Bertz CT molecular complexity index is 919. The number of nitrogens with one attached hydrogen (secondary N) is 2. The van der Waals surface area contributed by atoms with Crippen LogP contribution in [0.1, 0.15) is 5.69 Å². The van der Waals surface area contributed by atoms with Crippen molar-refractivity contribution in [3.05, 3.63) is 54.2 Å². The van der Waals surface area contributed by atoms with E-state index < -0.39 is 6.10 Å². The fraction of sp³-hybridized carbons (Fsp3) is 0.211. The van der Waals surface area contributed by atoms with Crippen LogP contribution in [0.3, 0.4) is 0 Å². The summed E-state index contributed by atoms with van der Waals surface area (Å²) in [5, 5.41) is 3.92. The van der Waals surface area contributed by atoms with Crippen LogP contribution in [0.2, 0.25) is 0 Å². The molecule has 0 aliphatic carbocycles. The number of benzene rings is 2. The molecule has 25 heavy (non-hydrogen) atoms. The van der Waals surface area contributed by atoms with E-state index in [2.05, 4.69) is 10.3 Å². The molecule has 1 atom stereocenters. The van der Waals surface area contributed by atoms with Gasteiger partial charge in [0.05, 0.1) is 13.7 Å². The van der Waals surface area contributed by atoms with Crippen molar-refractivity contribution in [2.45, 2.75) is 12.6 Å². The summed E-state index contributed by atoms with van der Waals surface area (Å²) in [6, 6.07) is 15.1. The Hall–Kier alpha value is -3.15. The third kappa shape index (κ3) is 3.10. The molecule has 2 aromatic carbocycles. The van der Waals surface area contributed by atoms with Crippen molar-refractivity contribution in [1.29, 1.82) is 0 Å². The molecule has 1 amide bonds. The van der Waals surface area contributed by atoms with Gasteiger partial charge in [-0.3, -0.25) is 4.79 Å². The quantitative estimate of drug-likeness (QED) is 0.767. The lowest BCUT2D eigenvalue weighted by Crippen LogP contribution is -2.43. The van der Waals surface area contributed by atoms with Crippen molar-refractivity contribution >= 4 is 16.8 Å². The van der Waals surface area contributed by atoms with Gasteiger partial charge < -0.3 is 24.5 Å². The normalized spacial score (nSPS) is 15.8. The van der Waals surface area contributed by atoms with Gasteiger partial charge in [0.1, 0.15) is 12.4 Å². The Labute approximate surface area is 144 Å². The van der Waals surface area contributed by atoms with Gasteiger partial charge in [0, 0.05) is 16.6 Å². The summed E-state index contributed by atoms with van der Waals surface area (Å²) in [5.41, 5.74) is 1.91. The van der Waals surface area contributed by atoms with Crippen LogP contribution in [0.4, 0.5) is 0 Å². The van der Waals surface area contributed by atoms with E-state index in [1.165, 1.54) is 0 Å². The van der Waals surface area contributed by atoms with E-state index in [0.717, 1.165) is 22.3 Å². The number of hydrogen-bond acceptors (Lipinski definition) is 4. The van der Waals surface area contributed by atoms with Crippen LogP contribution in [0.25, 0.3) is 10.9 Å². The highest BCUT2D eigenvalue weighted by Gasteiger charge is 2.27. The molecule has 1 aliphatic heterocycles. The summed E-state index contributed by atoms with van der Waals surface area (Å²) in [6.07, 6.45) is -0.653. The van der Waals surface area contributed by atoms with Gasteiger partial charge >= 0.3 is 0 Å². The maximum Gasteiger partial charge on any atom is 0.265 e. The molecule has 6 heteroatoms. The summed E-state index contributed by atoms with van der Waals surface area (Å²) in [4.78, 5) is 15.6. The second kappa shape index (κ2) is 6.39. The molecule has 0 fully saturated rings. The number of hydrogen-bond donors (Lipinski definition) is 2. The highest BCUT2D eigenvalue weighted by molar-refractivity contribution is 5.83. The molecule has 1 unspecified atom stereocenters. The minimum absolute atomic E-state index is 0.201. The number of H-pyrrole nitrogens is 1. The van der Waals surface area contributed by atoms with Crippen LogP contribution >= 0.6 is 0 Å². The van der Waals surface area contributed by atoms with Gasteiger partial charge in [0.15, 0.2) is 11.5 Å². The standard InChI is InChI=1S/C19H18N2O4/c1-23-14-6-7-15-12(9-14)8-13(21-15)10-20-19(22)18-11-24-16-4-2-3-5-17(16)25-18/h2-9,18,21H,10-11H2,1H3,(H,20,22). The van der Waals surface area contributed by atoms with E-state index in [9.17, 15) is 4.79 Å². The van der Waals surface area contributed by atoms with Gasteiger partial charge in [-0.15, -0.1) is 0 Å². The Morgan fingerprint density at radius 3 is 2.92 bits per heavy atom. The van der Waals surface area contributed by atoms with Crippen LogP contribution in [-0.4, -0.2) is 30.7 Å². The van der Waals surface area contributed by atoms with E-state index >= 15 is 0 Å². The Kier molecular flexibility index (Phi) is 3.93. The molecule has 4 rings (SSSR count). The summed E-state index contributed by atoms with van der Waals surface area (Å²) in [7, 11) is 1.64. The van der Waals surface area contributed by atoms with Crippen LogP contribution < -0.4 is 19.5 Å². The maximum absolute atomic E-state index is 12.3. The predicted molar refractivity (Wildman–Crippen MR) is 93.1 cm³/mol. The molecule has 2 N–H and O–H groups in total. The van der Waals surface area contributed by atoms with E-state index in [4.69, 9.17) is 14.2 Å².